The van der Waals surface area contributed by atoms with Gasteiger partial charge < -0.3 is 14.6 Å². The molecule has 1 saturated carbocycles. The Bertz CT molecular complexity index is 2370. The van der Waals surface area contributed by atoms with Crippen molar-refractivity contribution in [3.05, 3.63) is 116 Å². The summed E-state index contributed by atoms with van der Waals surface area (Å²) in [6.45, 7) is 0. The van der Waals surface area contributed by atoms with E-state index >= 15 is 4.79 Å². The highest BCUT2D eigenvalue weighted by molar-refractivity contribution is 9.10. The zero-order chi connectivity index (χ0) is 40.7. The number of amides is 4. The van der Waals surface area contributed by atoms with Gasteiger partial charge in [-0.25, -0.2) is 4.98 Å². The number of imide groups is 2. The molecule has 3 fully saturated rings. The molecule has 8 rings (SSSR count). The molecule has 0 radical (unpaired) electrons. The molecule has 4 aliphatic rings. The summed E-state index contributed by atoms with van der Waals surface area (Å²) >= 11 is 16.0. The topological polar surface area (TPSA) is 138 Å². The number of nitrogens with zero attached hydrogens (tertiary/aromatic N) is 3. The highest BCUT2D eigenvalue weighted by atomic mass is 79.9. The first-order valence-electron chi connectivity index (χ1n) is 17.5. The lowest BCUT2D eigenvalue weighted by atomic mass is 9.49. The van der Waals surface area contributed by atoms with Gasteiger partial charge in [-0.05, 0) is 66.8 Å². The third-order valence-electron chi connectivity index (χ3n) is 11.5. The number of hydrogen-bond donors (Lipinski definition) is 2. The van der Waals surface area contributed by atoms with Gasteiger partial charge in [-0.2, -0.15) is 18.2 Å². The molecule has 3 heterocycles. The summed E-state index contributed by atoms with van der Waals surface area (Å²) < 4.78 is 53.0. The zero-order valence-electron chi connectivity index (χ0n) is 29.8. The van der Waals surface area contributed by atoms with Crippen molar-refractivity contribution in [1.82, 2.24) is 9.99 Å². The number of nitrogens with one attached hydrogen (secondary N) is 1. The number of halogens is 6. The average molecular weight is 887 g/mol. The predicted octanol–water partition coefficient (Wildman–Crippen LogP) is 8.08. The van der Waals surface area contributed by atoms with Gasteiger partial charge in [0.05, 0.1) is 53.7 Å². The van der Waals surface area contributed by atoms with Gasteiger partial charge in [-0.1, -0.05) is 62.9 Å². The number of phenolic OH excluding ortho intramolecular Hbond substituents is 1. The van der Waals surface area contributed by atoms with Gasteiger partial charge >= 0.3 is 6.18 Å². The number of hydrogen-bond acceptors (Lipinski definition) is 9. The van der Waals surface area contributed by atoms with Crippen LogP contribution in [0.4, 0.5) is 24.7 Å². The highest BCUT2D eigenvalue weighted by Crippen LogP contribution is 2.66. The standard InChI is InChI=1S/C40H30BrCl2F3N4O7/c1-56-29-14-23(51)15-30(57-2)32(29)33-24-11-12-25-31(37(54)49(35(25)52)22-9-5-20(41)6-10-22)26(24)16-27-36(53)50(38(55)39(27,33)18-3-7-21(42)8-4-18)48-34-28(43)13-19(17-47-34)40(44,45)46/h3-11,13-15,17,25-27,31,33,51H,12,16H2,1-2H3,(H,47,48)/t25-,26+,27-,31-,33+,39+/m0/s1. The van der Waals surface area contributed by atoms with E-state index < -0.39 is 81.2 Å². The molecule has 57 heavy (non-hydrogen) atoms. The smallest absolute Gasteiger partial charge is 0.417 e. The summed E-state index contributed by atoms with van der Waals surface area (Å²) in [7, 11) is 2.72. The fourth-order valence-corrected chi connectivity index (χ4v) is 9.75. The monoisotopic (exact) mass is 884 g/mol. The summed E-state index contributed by atoms with van der Waals surface area (Å²) in [6, 6.07) is 16.3. The molecule has 4 amide bonds. The Balaban J connectivity index is 1.36. The van der Waals surface area contributed by atoms with E-state index in [0.29, 0.717) is 39.1 Å². The quantitative estimate of drug-likeness (QED) is 0.139. The number of allylic oxidation sites excluding steroid dienone is 2. The number of alkyl halides is 3. The second-order valence-electron chi connectivity index (χ2n) is 14.2. The van der Waals surface area contributed by atoms with Crippen LogP contribution >= 0.6 is 39.1 Å². The van der Waals surface area contributed by atoms with Crippen LogP contribution in [0, 0.1) is 23.7 Å². The molecule has 2 saturated heterocycles. The van der Waals surface area contributed by atoms with Crippen LogP contribution in [0.2, 0.25) is 10.0 Å². The van der Waals surface area contributed by atoms with Crippen LogP contribution in [-0.2, 0) is 30.8 Å². The van der Waals surface area contributed by atoms with E-state index in [1.54, 1.807) is 48.5 Å². The van der Waals surface area contributed by atoms with Crippen molar-refractivity contribution in [1.29, 1.82) is 0 Å². The minimum atomic E-state index is -4.77. The third kappa shape index (κ3) is 5.95. The number of rotatable bonds is 7. The van der Waals surface area contributed by atoms with Gasteiger partial charge in [0.25, 0.3) is 11.8 Å². The van der Waals surface area contributed by atoms with E-state index in [-0.39, 0.29) is 35.7 Å². The molecule has 2 aliphatic heterocycles. The lowest BCUT2D eigenvalue weighted by molar-refractivity contribution is -0.139. The van der Waals surface area contributed by atoms with Gasteiger partial charge in [-0.3, -0.25) is 29.5 Å². The average Bonchev–Trinajstić information content (AvgIpc) is 3.56. The number of benzene rings is 3. The Hall–Kier alpha value is -5.12. The van der Waals surface area contributed by atoms with Crippen LogP contribution in [0.3, 0.4) is 0 Å². The van der Waals surface area contributed by atoms with Gasteiger partial charge in [0.15, 0.2) is 5.82 Å². The van der Waals surface area contributed by atoms with Crippen molar-refractivity contribution in [3.63, 3.8) is 0 Å². The number of anilines is 2. The second kappa shape index (κ2) is 14.1. The predicted molar refractivity (Wildman–Crippen MR) is 205 cm³/mol. The number of phenols is 1. The largest absolute Gasteiger partial charge is 0.508 e. The van der Waals surface area contributed by atoms with Crippen molar-refractivity contribution < 1.29 is 46.9 Å². The highest BCUT2D eigenvalue weighted by Gasteiger charge is 2.71. The van der Waals surface area contributed by atoms with E-state index in [0.717, 1.165) is 9.37 Å². The molecule has 0 spiro atoms. The fourth-order valence-electron chi connectivity index (χ4n) is 9.15. The number of carbonyl (C=O) groups is 4. The molecule has 0 unspecified atom stereocenters. The first kappa shape index (κ1) is 38.7. The first-order chi connectivity index (χ1) is 27.1. The maximum absolute atomic E-state index is 15.5. The second-order valence-corrected chi connectivity index (χ2v) is 15.9. The molecule has 2 N–H and O–H groups in total. The van der Waals surface area contributed by atoms with Crippen LogP contribution in [-0.4, -0.2) is 52.9 Å². The van der Waals surface area contributed by atoms with E-state index in [1.165, 1.54) is 26.4 Å². The van der Waals surface area contributed by atoms with Crippen molar-refractivity contribution >= 4 is 74.3 Å². The van der Waals surface area contributed by atoms with Crippen LogP contribution in [0.15, 0.2) is 89.0 Å². The number of hydrazine groups is 1. The molecule has 17 heteroatoms. The van der Waals surface area contributed by atoms with Gasteiger partial charge in [0.2, 0.25) is 11.8 Å². The Morgan fingerprint density at radius 2 is 1.56 bits per heavy atom. The molecule has 11 nitrogen and oxygen atoms in total. The summed E-state index contributed by atoms with van der Waals surface area (Å²) in [5, 5.41) is 11.2. The zero-order valence-corrected chi connectivity index (χ0v) is 32.9. The summed E-state index contributed by atoms with van der Waals surface area (Å²) in [5.41, 5.74) is 1.12. The van der Waals surface area contributed by atoms with Crippen LogP contribution in [0.5, 0.6) is 17.2 Å². The van der Waals surface area contributed by atoms with E-state index in [2.05, 4.69) is 26.3 Å². The number of methoxy groups -OCH3 is 2. The Morgan fingerprint density at radius 1 is 0.912 bits per heavy atom. The van der Waals surface area contributed by atoms with Crippen molar-refractivity contribution in [3.8, 4) is 17.2 Å². The Morgan fingerprint density at radius 3 is 2.16 bits per heavy atom. The van der Waals surface area contributed by atoms with Gasteiger partial charge in [0, 0.05) is 39.3 Å². The molecule has 6 atom stereocenters. The third-order valence-corrected chi connectivity index (χ3v) is 12.5. The van der Waals surface area contributed by atoms with E-state index in [9.17, 15) is 32.7 Å². The molecular weight excluding hydrogens is 856 g/mol. The first-order valence-corrected chi connectivity index (χ1v) is 19.1. The van der Waals surface area contributed by atoms with Crippen molar-refractivity contribution in [2.24, 2.45) is 23.7 Å². The van der Waals surface area contributed by atoms with Gasteiger partial charge in [-0.15, -0.1) is 0 Å². The molecule has 2 aliphatic carbocycles. The number of aromatic hydroxyl groups is 1. The number of pyridine rings is 1. The molecular formula is C40H30BrCl2F3N4O7. The Labute approximate surface area is 341 Å². The fraction of sp³-hybridized carbons (Fsp3) is 0.275. The van der Waals surface area contributed by atoms with Gasteiger partial charge in [0.1, 0.15) is 17.2 Å². The Kier molecular flexibility index (Phi) is 9.56. The van der Waals surface area contributed by atoms with Crippen LogP contribution < -0.4 is 19.8 Å². The minimum absolute atomic E-state index is 0.0945. The van der Waals surface area contributed by atoms with E-state index in [4.69, 9.17) is 32.7 Å². The molecule has 1 aromatic heterocycles. The normalized spacial score (nSPS) is 25.5. The number of ether oxygens (including phenoxy) is 2. The number of aromatic nitrogens is 1. The molecule has 294 valence electrons. The molecule has 4 aromatic rings. The van der Waals surface area contributed by atoms with Crippen LogP contribution in [0.1, 0.15) is 35.4 Å². The van der Waals surface area contributed by atoms with Crippen molar-refractivity contribution in [2.45, 2.75) is 30.4 Å². The van der Waals surface area contributed by atoms with Crippen LogP contribution in [0.25, 0.3) is 0 Å². The van der Waals surface area contributed by atoms with Crippen molar-refractivity contribution in [2.75, 3.05) is 24.5 Å². The summed E-state index contributed by atoms with van der Waals surface area (Å²) in [5.74, 6) is -7.89. The SMILES string of the molecule is COc1cc(O)cc(OC)c1[C@H]1C2=CC[C@@H]3C(=O)N(c4ccc(Br)cc4)C(=O)[C@@H]3[C@@H]2C[C@H]2C(=O)N(Nc3ncc(C(F)(F)F)cc3Cl)C(=O)[C@@]12c1ccc(Cl)cc1. The lowest BCUT2D eigenvalue weighted by Gasteiger charge is -2.51. The maximum Gasteiger partial charge on any atom is 0.417 e. The minimum Gasteiger partial charge on any atom is -0.508 e. The molecule has 3 aromatic carbocycles. The maximum atomic E-state index is 15.5. The number of fused-ring (bicyclic) bond motifs is 4. The molecule has 0 bridgehead atoms. The summed E-state index contributed by atoms with van der Waals surface area (Å²) in [4.78, 5) is 64.1. The van der Waals surface area contributed by atoms with E-state index in [1.807, 2.05) is 6.08 Å². The summed E-state index contributed by atoms with van der Waals surface area (Å²) in [6.07, 6.45) is -2.40. The lowest BCUT2D eigenvalue weighted by Crippen LogP contribution is -2.53. The number of carbonyl (C=O) groups excluding carboxylic acids is 4.